The van der Waals surface area contributed by atoms with Crippen LogP contribution in [0.4, 0.5) is 5.69 Å². The first-order chi connectivity index (χ1) is 11.0. The molecule has 23 heavy (non-hydrogen) atoms. The second-order valence-electron chi connectivity index (χ2n) is 5.85. The Bertz CT molecular complexity index is 626. The molecule has 0 aliphatic carbocycles. The van der Waals surface area contributed by atoms with Crippen LogP contribution >= 0.6 is 0 Å². The fourth-order valence-corrected chi connectivity index (χ4v) is 2.20. The maximum atomic E-state index is 12.2. The highest BCUT2D eigenvalue weighted by molar-refractivity contribution is 5.94. The highest BCUT2D eigenvalue weighted by Gasteiger charge is 2.14. The highest BCUT2D eigenvalue weighted by atomic mass is 16.5. The zero-order valence-electron chi connectivity index (χ0n) is 13.7. The van der Waals surface area contributed by atoms with Gasteiger partial charge >= 0.3 is 0 Å². The Morgan fingerprint density at radius 1 is 1.09 bits per heavy atom. The minimum atomic E-state index is -0.576. The fourth-order valence-electron chi connectivity index (χ4n) is 2.20. The van der Waals surface area contributed by atoms with Gasteiger partial charge in [-0.15, -0.1) is 0 Å². The molecular formula is C19H24N2O2. The monoisotopic (exact) mass is 312 g/mol. The molecular weight excluding hydrogens is 288 g/mol. The number of nitrogens with two attached hydrogens (primary N) is 1. The quantitative estimate of drug-likeness (QED) is 0.825. The Hall–Kier alpha value is -2.17. The Kier molecular flexibility index (Phi) is 6.32. The molecule has 1 atom stereocenters. The predicted octanol–water partition coefficient (Wildman–Crippen LogP) is 3.12. The minimum absolute atomic E-state index is 0.174. The Morgan fingerprint density at radius 2 is 1.78 bits per heavy atom. The molecule has 0 aliphatic heterocycles. The van der Waals surface area contributed by atoms with Gasteiger partial charge in [0.05, 0.1) is 18.8 Å². The van der Waals surface area contributed by atoms with E-state index in [1.54, 1.807) is 0 Å². The molecule has 0 unspecified atom stereocenters. The van der Waals surface area contributed by atoms with Crippen molar-refractivity contribution in [2.45, 2.75) is 39.0 Å². The molecule has 0 saturated carbocycles. The normalized spacial score (nSPS) is 12.2. The van der Waals surface area contributed by atoms with Crippen LogP contribution in [0, 0.1) is 0 Å². The van der Waals surface area contributed by atoms with E-state index in [-0.39, 0.29) is 12.0 Å². The van der Waals surface area contributed by atoms with Crippen molar-refractivity contribution in [2.75, 3.05) is 5.32 Å². The van der Waals surface area contributed by atoms with E-state index in [9.17, 15) is 4.79 Å². The summed E-state index contributed by atoms with van der Waals surface area (Å²) in [6, 6.07) is 16.8. The molecule has 1 amide bonds. The topological polar surface area (TPSA) is 64.3 Å². The summed E-state index contributed by atoms with van der Waals surface area (Å²) < 4.78 is 5.58. The second-order valence-corrected chi connectivity index (χ2v) is 5.85. The van der Waals surface area contributed by atoms with E-state index >= 15 is 0 Å². The molecule has 0 bridgehead atoms. The van der Waals surface area contributed by atoms with Gasteiger partial charge in [0.2, 0.25) is 5.91 Å². The largest absolute Gasteiger partial charge is 0.374 e. The van der Waals surface area contributed by atoms with Gasteiger partial charge in [0.1, 0.15) is 0 Å². The molecule has 4 nitrogen and oxygen atoms in total. The number of ether oxygens (including phenoxy) is 1. The summed E-state index contributed by atoms with van der Waals surface area (Å²) in [5.41, 5.74) is 8.81. The van der Waals surface area contributed by atoms with Crippen molar-refractivity contribution in [1.29, 1.82) is 0 Å². The molecule has 3 N–H and O–H groups in total. The van der Waals surface area contributed by atoms with E-state index in [0.29, 0.717) is 13.0 Å². The van der Waals surface area contributed by atoms with Crippen LogP contribution < -0.4 is 11.1 Å². The van der Waals surface area contributed by atoms with Crippen molar-refractivity contribution in [2.24, 2.45) is 5.73 Å². The Balaban J connectivity index is 1.92. The number of benzene rings is 2. The summed E-state index contributed by atoms with van der Waals surface area (Å²) in [6.07, 6.45) is 0.690. The van der Waals surface area contributed by atoms with Gasteiger partial charge in [-0.3, -0.25) is 4.79 Å². The Labute approximate surface area is 137 Å². The molecule has 0 aromatic heterocycles. The van der Waals surface area contributed by atoms with Crippen molar-refractivity contribution < 1.29 is 9.53 Å². The SMILES string of the molecule is CC(C)OCc1cccc(NC(=O)[C@@H](N)Cc2ccccc2)c1. The van der Waals surface area contributed by atoms with Gasteiger partial charge in [-0.2, -0.15) is 0 Å². The van der Waals surface area contributed by atoms with Crippen molar-refractivity contribution in [3.05, 3.63) is 65.7 Å². The summed E-state index contributed by atoms with van der Waals surface area (Å²) >= 11 is 0. The first kappa shape index (κ1) is 17.2. The second kappa shape index (κ2) is 8.46. The minimum Gasteiger partial charge on any atom is -0.374 e. The van der Waals surface area contributed by atoms with Crippen molar-refractivity contribution in [3.8, 4) is 0 Å². The number of carbonyl (C=O) groups is 1. The average molecular weight is 312 g/mol. The number of rotatable bonds is 7. The molecule has 4 heteroatoms. The summed E-state index contributed by atoms with van der Waals surface area (Å²) in [5, 5.41) is 2.87. The third-order valence-corrected chi connectivity index (χ3v) is 3.41. The van der Waals surface area contributed by atoms with Crippen LogP contribution in [0.5, 0.6) is 0 Å². The van der Waals surface area contributed by atoms with Gasteiger partial charge in [0, 0.05) is 5.69 Å². The van der Waals surface area contributed by atoms with Crippen LogP contribution in [0.2, 0.25) is 0 Å². The molecule has 0 aliphatic rings. The lowest BCUT2D eigenvalue weighted by molar-refractivity contribution is -0.117. The zero-order valence-corrected chi connectivity index (χ0v) is 13.7. The van der Waals surface area contributed by atoms with E-state index in [1.807, 2.05) is 68.4 Å². The van der Waals surface area contributed by atoms with Crippen LogP contribution in [0.15, 0.2) is 54.6 Å². The molecule has 0 spiro atoms. The van der Waals surface area contributed by atoms with E-state index in [2.05, 4.69) is 5.32 Å². The highest BCUT2D eigenvalue weighted by Crippen LogP contribution is 2.13. The van der Waals surface area contributed by atoms with Crippen molar-refractivity contribution >= 4 is 11.6 Å². The maximum Gasteiger partial charge on any atom is 0.241 e. The first-order valence-corrected chi connectivity index (χ1v) is 7.85. The zero-order chi connectivity index (χ0) is 16.7. The molecule has 2 aromatic rings. The molecule has 0 radical (unpaired) electrons. The third kappa shape index (κ3) is 5.85. The van der Waals surface area contributed by atoms with E-state index in [4.69, 9.17) is 10.5 Å². The van der Waals surface area contributed by atoms with Crippen LogP contribution in [-0.2, 0) is 22.6 Å². The number of hydrogen-bond acceptors (Lipinski definition) is 3. The van der Waals surface area contributed by atoms with Crippen molar-refractivity contribution in [3.63, 3.8) is 0 Å². The molecule has 2 aromatic carbocycles. The fraction of sp³-hybridized carbons (Fsp3) is 0.316. The van der Waals surface area contributed by atoms with Gasteiger partial charge in [-0.05, 0) is 43.5 Å². The lowest BCUT2D eigenvalue weighted by atomic mass is 10.1. The number of amides is 1. The molecule has 122 valence electrons. The van der Waals surface area contributed by atoms with Crippen LogP contribution in [0.25, 0.3) is 0 Å². The van der Waals surface area contributed by atoms with Gasteiger partial charge in [0.15, 0.2) is 0 Å². The third-order valence-electron chi connectivity index (χ3n) is 3.41. The molecule has 0 saturated heterocycles. The van der Waals surface area contributed by atoms with Crippen molar-refractivity contribution in [1.82, 2.24) is 0 Å². The average Bonchev–Trinajstić information content (AvgIpc) is 2.54. The maximum absolute atomic E-state index is 12.2. The lowest BCUT2D eigenvalue weighted by Crippen LogP contribution is -2.37. The summed E-state index contributed by atoms with van der Waals surface area (Å²) in [5.74, 6) is -0.184. The van der Waals surface area contributed by atoms with Crippen LogP contribution in [-0.4, -0.2) is 18.1 Å². The van der Waals surface area contributed by atoms with E-state index < -0.39 is 6.04 Å². The summed E-state index contributed by atoms with van der Waals surface area (Å²) in [7, 11) is 0. The molecule has 0 heterocycles. The first-order valence-electron chi connectivity index (χ1n) is 7.85. The molecule has 2 rings (SSSR count). The van der Waals surface area contributed by atoms with Gasteiger partial charge in [-0.25, -0.2) is 0 Å². The number of hydrogen-bond donors (Lipinski definition) is 2. The lowest BCUT2D eigenvalue weighted by Gasteiger charge is -2.13. The standard InChI is InChI=1S/C19H24N2O2/c1-14(2)23-13-16-9-6-10-17(11-16)21-19(22)18(20)12-15-7-4-3-5-8-15/h3-11,14,18H,12-13,20H2,1-2H3,(H,21,22)/t18-/m0/s1. The smallest absolute Gasteiger partial charge is 0.241 e. The summed E-state index contributed by atoms with van der Waals surface area (Å²) in [6.45, 7) is 4.51. The molecule has 0 fully saturated rings. The summed E-state index contributed by atoms with van der Waals surface area (Å²) in [4.78, 5) is 12.2. The number of carbonyl (C=O) groups excluding carboxylic acids is 1. The number of anilines is 1. The predicted molar refractivity (Wildman–Crippen MR) is 93.1 cm³/mol. The van der Waals surface area contributed by atoms with Gasteiger partial charge in [0.25, 0.3) is 0 Å². The Morgan fingerprint density at radius 3 is 2.48 bits per heavy atom. The van der Waals surface area contributed by atoms with Crippen LogP contribution in [0.3, 0.4) is 0 Å². The van der Waals surface area contributed by atoms with Gasteiger partial charge < -0.3 is 15.8 Å². The number of nitrogens with one attached hydrogen (secondary N) is 1. The van der Waals surface area contributed by atoms with E-state index in [1.165, 1.54) is 0 Å². The van der Waals surface area contributed by atoms with Gasteiger partial charge in [-0.1, -0.05) is 42.5 Å². The van der Waals surface area contributed by atoms with E-state index in [0.717, 1.165) is 16.8 Å². The van der Waals surface area contributed by atoms with Crippen LogP contribution in [0.1, 0.15) is 25.0 Å².